The van der Waals surface area contributed by atoms with Crippen LogP contribution in [0.25, 0.3) is 0 Å². The van der Waals surface area contributed by atoms with Crippen molar-refractivity contribution in [3.63, 3.8) is 0 Å². The van der Waals surface area contributed by atoms with Crippen molar-refractivity contribution >= 4 is 27.5 Å². The third-order valence-electron chi connectivity index (χ3n) is 3.69. The van der Waals surface area contributed by atoms with Crippen molar-refractivity contribution < 1.29 is 17.6 Å². The number of carbonyl (C=O) groups excluding carboxylic acids is 1. The van der Waals surface area contributed by atoms with E-state index in [4.69, 9.17) is 11.6 Å². The molecule has 0 saturated carbocycles. The second-order valence-electron chi connectivity index (χ2n) is 5.41. The van der Waals surface area contributed by atoms with E-state index in [2.05, 4.69) is 5.32 Å². The zero-order valence-electron chi connectivity index (χ0n) is 12.2. The Hall–Kier alpha value is -1.18. The molecular weight excluding hydrogens is 331 g/mol. The second kappa shape index (κ2) is 6.93. The van der Waals surface area contributed by atoms with Gasteiger partial charge in [0, 0.05) is 24.7 Å². The summed E-state index contributed by atoms with van der Waals surface area (Å²) in [6, 6.07) is 3.98. The average Bonchev–Trinajstić information content (AvgIpc) is 2.45. The Morgan fingerprint density at radius 3 is 2.86 bits per heavy atom. The molecule has 122 valence electrons. The van der Waals surface area contributed by atoms with Gasteiger partial charge in [0.15, 0.2) is 0 Å². The predicted molar refractivity (Wildman–Crippen MR) is 82.4 cm³/mol. The van der Waals surface area contributed by atoms with E-state index >= 15 is 0 Å². The zero-order chi connectivity index (χ0) is 16.3. The van der Waals surface area contributed by atoms with Crippen LogP contribution >= 0.6 is 11.6 Å². The summed E-state index contributed by atoms with van der Waals surface area (Å²) >= 11 is 5.90. The summed E-state index contributed by atoms with van der Waals surface area (Å²) in [5.41, 5.74) is 0.618. The molecule has 0 bridgehead atoms. The van der Waals surface area contributed by atoms with E-state index in [1.165, 1.54) is 22.5 Å². The van der Waals surface area contributed by atoms with E-state index in [0.717, 1.165) is 6.26 Å². The molecule has 1 saturated heterocycles. The van der Waals surface area contributed by atoms with Crippen LogP contribution in [-0.4, -0.2) is 38.0 Å². The second-order valence-corrected chi connectivity index (χ2v) is 7.80. The molecule has 1 atom stereocenters. The smallest absolute Gasteiger partial charge is 0.224 e. The number of carbonyl (C=O) groups is 1. The van der Waals surface area contributed by atoms with E-state index in [1.807, 2.05) is 0 Å². The largest absolute Gasteiger partial charge is 0.352 e. The Morgan fingerprint density at radius 2 is 2.23 bits per heavy atom. The summed E-state index contributed by atoms with van der Waals surface area (Å²) in [7, 11) is -3.28. The van der Waals surface area contributed by atoms with Crippen LogP contribution in [0.1, 0.15) is 18.4 Å². The molecular formula is C14H18ClFN2O3S. The first kappa shape index (κ1) is 17.2. The summed E-state index contributed by atoms with van der Waals surface area (Å²) in [4.78, 5) is 12.2. The number of benzene rings is 1. The molecule has 0 unspecified atom stereocenters. The highest BCUT2D eigenvalue weighted by molar-refractivity contribution is 7.88. The number of piperidine rings is 1. The molecule has 1 aromatic carbocycles. The molecule has 0 radical (unpaired) electrons. The molecule has 0 aliphatic carbocycles. The fourth-order valence-electron chi connectivity index (χ4n) is 2.45. The topological polar surface area (TPSA) is 66.5 Å². The Balaban J connectivity index is 1.94. The quantitative estimate of drug-likeness (QED) is 0.901. The third-order valence-corrected chi connectivity index (χ3v) is 5.31. The number of nitrogens with one attached hydrogen (secondary N) is 1. The Bertz CT molecular complexity index is 666. The van der Waals surface area contributed by atoms with Gasteiger partial charge in [0.2, 0.25) is 15.9 Å². The van der Waals surface area contributed by atoms with Gasteiger partial charge in [0.05, 0.1) is 12.2 Å². The minimum Gasteiger partial charge on any atom is -0.352 e. The first-order valence-corrected chi connectivity index (χ1v) is 9.17. The fourth-order valence-corrected chi connectivity index (χ4v) is 3.59. The van der Waals surface area contributed by atoms with E-state index in [-0.39, 0.29) is 29.9 Å². The van der Waals surface area contributed by atoms with Crippen LogP contribution in [0.2, 0.25) is 5.02 Å². The standard InChI is InChI=1S/C14H18ClFN2O3S/c1-22(20,21)18-6-2-3-11(9-18)14(19)17-8-10-4-5-12(16)7-13(10)15/h4-5,7,11H,2-3,6,8-9H2,1H3,(H,17,19)/t11-/m1/s1. The molecule has 1 aromatic rings. The molecule has 5 nitrogen and oxygen atoms in total. The number of hydrogen-bond acceptors (Lipinski definition) is 3. The van der Waals surface area contributed by atoms with Gasteiger partial charge in [-0.2, -0.15) is 0 Å². The van der Waals surface area contributed by atoms with Gasteiger partial charge in [0.25, 0.3) is 0 Å². The van der Waals surface area contributed by atoms with Crippen molar-refractivity contribution in [3.05, 3.63) is 34.6 Å². The van der Waals surface area contributed by atoms with E-state index in [0.29, 0.717) is 24.9 Å². The highest BCUT2D eigenvalue weighted by Gasteiger charge is 2.29. The molecule has 22 heavy (non-hydrogen) atoms. The number of nitrogens with zero attached hydrogens (tertiary/aromatic N) is 1. The molecule has 0 aromatic heterocycles. The first-order chi connectivity index (χ1) is 10.3. The van der Waals surface area contributed by atoms with E-state index in [1.54, 1.807) is 0 Å². The zero-order valence-corrected chi connectivity index (χ0v) is 13.8. The maximum Gasteiger partial charge on any atom is 0.224 e. The minimum atomic E-state index is -3.28. The Labute approximate surface area is 134 Å². The van der Waals surface area contributed by atoms with Crippen molar-refractivity contribution in [2.75, 3.05) is 19.3 Å². The van der Waals surface area contributed by atoms with Crippen LogP contribution < -0.4 is 5.32 Å². The maximum absolute atomic E-state index is 13.0. The lowest BCUT2D eigenvalue weighted by atomic mass is 9.99. The van der Waals surface area contributed by atoms with Gasteiger partial charge in [-0.3, -0.25) is 4.79 Å². The van der Waals surface area contributed by atoms with Crippen molar-refractivity contribution in [2.45, 2.75) is 19.4 Å². The maximum atomic E-state index is 13.0. The van der Waals surface area contributed by atoms with Gasteiger partial charge in [-0.1, -0.05) is 17.7 Å². The summed E-state index contributed by atoms with van der Waals surface area (Å²) in [5, 5.41) is 2.99. The average molecular weight is 349 g/mol. The predicted octanol–water partition coefficient (Wildman–Crippen LogP) is 1.77. The van der Waals surface area contributed by atoms with Crippen LogP contribution in [0.5, 0.6) is 0 Å². The summed E-state index contributed by atoms with van der Waals surface area (Å²) < 4.78 is 37.4. The molecule has 1 fully saturated rings. The molecule has 2 rings (SSSR count). The first-order valence-electron chi connectivity index (χ1n) is 6.94. The van der Waals surface area contributed by atoms with Crippen molar-refractivity contribution in [1.82, 2.24) is 9.62 Å². The molecule has 8 heteroatoms. The van der Waals surface area contributed by atoms with Gasteiger partial charge in [-0.25, -0.2) is 17.1 Å². The van der Waals surface area contributed by atoms with Crippen molar-refractivity contribution in [2.24, 2.45) is 5.92 Å². The monoisotopic (exact) mass is 348 g/mol. The minimum absolute atomic E-state index is 0.188. The molecule has 1 N–H and O–H groups in total. The lowest BCUT2D eigenvalue weighted by Gasteiger charge is -2.30. The SMILES string of the molecule is CS(=O)(=O)N1CCC[C@@H](C(=O)NCc2ccc(F)cc2Cl)C1. The highest BCUT2D eigenvalue weighted by Crippen LogP contribution is 2.20. The highest BCUT2D eigenvalue weighted by atomic mass is 35.5. The lowest BCUT2D eigenvalue weighted by Crippen LogP contribution is -2.44. The van der Waals surface area contributed by atoms with Gasteiger partial charge in [0.1, 0.15) is 5.82 Å². The van der Waals surface area contributed by atoms with Crippen molar-refractivity contribution in [1.29, 1.82) is 0 Å². The number of rotatable bonds is 4. The van der Waals surface area contributed by atoms with Crippen LogP contribution in [0, 0.1) is 11.7 Å². The van der Waals surface area contributed by atoms with Crippen LogP contribution in [0.3, 0.4) is 0 Å². The third kappa shape index (κ3) is 4.41. The fraction of sp³-hybridized carbons (Fsp3) is 0.500. The number of amides is 1. The van der Waals surface area contributed by atoms with Crippen LogP contribution in [-0.2, 0) is 21.4 Å². The number of hydrogen-bond donors (Lipinski definition) is 1. The van der Waals surface area contributed by atoms with Gasteiger partial charge in [-0.05, 0) is 30.5 Å². The van der Waals surface area contributed by atoms with Crippen molar-refractivity contribution in [3.8, 4) is 0 Å². The summed E-state index contributed by atoms with van der Waals surface area (Å²) in [6.45, 7) is 0.835. The Morgan fingerprint density at radius 1 is 1.50 bits per heavy atom. The van der Waals surface area contributed by atoms with Gasteiger partial charge >= 0.3 is 0 Å². The van der Waals surface area contributed by atoms with Gasteiger partial charge in [-0.15, -0.1) is 0 Å². The Kier molecular flexibility index (Phi) is 5.41. The molecule has 0 spiro atoms. The summed E-state index contributed by atoms with van der Waals surface area (Å²) in [5.74, 6) is -1.02. The number of halogens is 2. The lowest BCUT2D eigenvalue weighted by molar-refractivity contribution is -0.126. The van der Waals surface area contributed by atoms with Crippen LogP contribution in [0.15, 0.2) is 18.2 Å². The summed E-state index contributed by atoms with van der Waals surface area (Å²) in [6.07, 6.45) is 2.45. The molecule has 1 amide bonds. The van der Waals surface area contributed by atoms with E-state index in [9.17, 15) is 17.6 Å². The number of sulfonamides is 1. The van der Waals surface area contributed by atoms with Crippen LogP contribution in [0.4, 0.5) is 4.39 Å². The normalized spacial score (nSPS) is 19.9. The molecule has 1 aliphatic rings. The van der Waals surface area contributed by atoms with E-state index < -0.39 is 15.8 Å². The molecule has 1 aliphatic heterocycles. The molecule has 1 heterocycles. The van der Waals surface area contributed by atoms with Gasteiger partial charge < -0.3 is 5.32 Å².